The van der Waals surface area contributed by atoms with Crippen molar-refractivity contribution < 1.29 is 14.6 Å². The topological polar surface area (TPSA) is 70.3 Å². The standard InChI is InChI=1S/C15H11NO3S/c1-19-13-5-4-10(7-11(13)9-16)8-12(15(17)18)14-3-2-6-20-14/h2-8H,1H3,(H,17,18). The summed E-state index contributed by atoms with van der Waals surface area (Å²) in [6, 6.07) is 10.5. The zero-order valence-electron chi connectivity index (χ0n) is 10.7. The van der Waals surface area contributed by atoms with Gasteiger partial charge >= 0.3 is 5.97 Å². The van der Waals surface area contributed by atoms with Crippen molar-refractivity contribution in [3.05, 3.63) is 51.7 Å². The largest absolute Gasteiger partial charge is 0.495 e. The van der Waals surface area contributed by atoms with Crippen molar-refractivity contribution in [2.24, 2.45) is 0 Å². The Bertz CT molecular complexity index is 696. The van der Waals surface area contributed by atoms with E-state index in [2.05, 4.69) is 0 Å². The highest BCUT2D eigenvalue weighted by molar-refractivity contribution is 7.11. The van der Waals surface area contributed by atoms with E-state index >= 15 is 0 Å². The van der Waals surface area contributed by atoms with Gasteiger partial charge in [0.1, 0.15) is 11.8 Å². The summed E-state index contributed by atoms with van der Waals surface area (Å²) in [5.41, 5.74) is 1.22. The Morgan fingerprint density at radius 2 is 2.25 bits per heavy atom. The highest BCUT2D eigenvalue weighted by atomic mass is 32.1. The second kappa shape index (κ2) is 6.04. The molecule has 0 unspecified atom stereocenters. The molecule has 2 aromatic rings. The predicted molar refractivity (Wildman–Crippen MR) is 77.5 cm³/mol. The van der Waals surface area contributed by atoms with Crippen molar-refractivity contribution in [3.8, 4) is 11.8 Å². The van der Waals surface area contributed by atoms with Gasteiger partial charge in [0.05, 0.1) is 18.2 Å². The molecule has 20 heavy (non-hydrogen) atoms. The van der Waals surface area contributed by atoms with Crippen molar-refractivity contribution >= 4 is 29.0 Å². The number of aliphatic carboxylic acids is 1. The Morgan fingerprint density at radius 3 is 2.80 bits per heavy atom. The number of nitriles is 1. The zero-order valence-corrected chi connectivity index (χ0v) is 11.5. The van der Waals surface area contributed by atoms with Crippen molar-refractivity contribution in [1.82, 2.24) is 0 Å². The Balaban J connectivity index is 2.48. The second-order valence-electron chi connectivity index (χ2n) is 3.91. The summed E-state index contributed by atoms with van der Waals surface area (Å²) >= 11 is 1.36. The number of thiophene rings is 1. The van der Waals surface area contributed by atoms with E-state index in [4.69, 9.17) is 10.00 Å². The summed E-state index contributed by atoms with van der Waals surface area (Å²) in [6.45, 7) is 0. The van der Waals surface area contributed by atoms with Gasteiger partial charge in [-0.2, -0.15) is 5.26 Å². The molecule has 0 aliphatic rings. The van der Waals surface area contributed by atoms with Crippen LogP contribution in [0.5, 0.6) is 5.75 Å². The average molecular weight is 285 g/mol. The molecular weight excluding hydrogens is 274 g/mol. The minimum Gasteiger partial charge on any atom is -0.495 e. The predicted octanol–water partition coefficient (Wildman–Crippen LogP) is 3.25. The third-order valence-corrected chi connectivity index (χ3v) is 3.58. The lowest BCUT2D eigenvalue weighted by atomic mass is 10.1. The van der Waals surface area contributed by atoms with Crippen LogP contribution in [0.4, 0.5) is 0 Å². The van der Waals surface area contributed by atoms with Crippen LogP contribution >= 0.6 is 11.3 Å². The summed E-state index contributed by atoms with van der Waals surface area (Å²) < 4.78 is 5.06. The molecule has 0 saturated carbocycles. The highest BCUT2D eigenvalue weighted by Gasteiger charge is 2.12. The van der Waals surface area contributed by atoms with Gasteiger partial charge in [-0.3, -0.25) is 0 Å². The van der Waals surface area contributed by atoms with Gasteiger partial charge in [0, 0.05) is 4.88 Å². The van der Waals surface area contributed by atoms with E-state index in [0.29, 0.717) is 21.8 Å². The molecule has 1 heterocycles. The molecule has 0 fully saturated rings. The lowest BCUT2D eigenvalue weighted by Crippen LogP contribution is -1.98. The lowest BCUT2D eigenvalue weighted by molar-refractivity contribution is -0.130. The molecule has 5 heteroatoms. The maximum Gasteiger partial charge on any atom is 0.337 e. The maximum absolute atomic E-state index is 11.3. The van der Waals surface area contributed by atoms with Crippen molar-refractivity contribution in [1.29, 1.82) is 5.26 Å². The fourth-order valence-corrected chi connectivity index (χ4v) is 2.47. The molecule has 0 spiro atoms. The van der Waals surface area contributed by atoms with Gasteiger partial charge in [-0.15, -0.1) is 11.3 Å². The number of benzene rings is 1. The molecule has 1 N–H and O–H groups in total. The first-order valence-corrected chi connectivity index (χ1v) is 6.60. The van der Waals surface area contributed by atoms with Crippen LogP contribution in [-0.4, -0.2) is 18.2 Å². The third kappa shape index (κ3) is 2.87. The van der Waals surface area contributed by atoms with Crippen LogP contribution in [0.2, 0.25) is 0 Å². The van der Waals surface area contributed by atoms with E-state index in [1.54, 1.807) is 36.4 Å². The molecule has 1 aromatic carbocycles. The minimum absolute atomic E-state index is 0.203. The number of carboxylic acid groups (broad SMARTS) is 1. The molecular formula is C15H11NO3S. The first kappa shape index (κ1) is 13.8. The zero-order chi connectivity index (χ0) is 14.5. The summed E-state index contributed by atoms with van der Waals surface area (Å²) in [5.74, 6) is -0.528. The Labute approximate surface area is 120 Å². The smallest absolute Gasteiger partial charge is 0.337 e. The number of methoxy groups -OCH3 is 1. The summed E-state index contributed by atoms with van der Waals surface area (Å²) in [4.78, 5) is 12.0. The first-order chi connectivity index (χ1) is 9.65. The second-order valence-corrected chi connectivity index (χ2v) is 4.86. The Morgan fingerprint density at radius 1 is 1.45 bits per heavy atom. The molecule has 1 aromatic heterocycles. The van der Waals surface area contributed by atoms with Gasteiger partial charge in [-0.25, -0.2) is 4.79 Å². The Kier molecular flexibility index (Phi) is 4.18. The molecule has 0 aliphatic heterocycles. The van der Waals surface area contributed by atoms with E-state index in [9.17, 15) is 9.90 Å². The number of nitrogens with zero attached hydrogens (tertiary/aromatic N) is 1. The van der Waals surface area contributed by atoms with Crippen molar-refractivity contribution in [2.75, 3.05) is 7.11 Å². The van der Waals surface area contributed by atoms with Crippen molar-refractivity contribution in [2.45, 2.75) is 0 Å². The number of hydrogen-bond acceptors (Lipinski definition) is 4. The van der Waals surface area contributed by atoms with E-state index in [1.807, 2.05) is 11.4 Å². The summed E-state index contributed by atoms with van der Waals surface area (Å²) in [5, 5.41) is 20.1. The minimum atomic E-state index is -0.998. The van der Waals surface area contributed by atoms with Crippen LogP contribution in [-0.2, 0) is 4.79 Å². The SMILES string of the molecule is COc1ccc(C=C(C(=O)O)c2cccs2)cc1C#N. The van der Waals surface area contributed by atoms with Crippen LogP contribution in [0.1, 0.15) is 16.0 Å². The molecule has 0 atom stereocenters. The average Bonchev–Trinajstić information content (AvgIpc) is 2.97. The van der Waals surface area contributed by atoms with Gasteiger partial charge in [-0.1, -0.05) is 12.1 Å². The van der Waals surface area contributed by atoms with Gasteiger partial charge in [0.25, 0.3) is 0 Å². The van der Waals surface area contributed by atoms with E-state index in [1.165, 1.54) is 18.4 Å². The van der Waals surface area contributed by atoms with Gasteiger partial charge in [0.2, 0.25) is 0 Å². The summed E-state index contributed by atoms with van der Waals surface area (Å²) in [6.07, 6.45) is 1.55. The van der Waals surface area contributed by atoms with Gasteiger partial charge < -0.3 is 9.84 Å². The van der Waals surface area contributed by atoms with Gasteiger partial charge in [0.15, 0.2) is 0 Å². The molecule has 0 amide bonds. The molecule has 100 valence electrons. The van der Waals surface area contributed by atoms with E-state index in [0.717, 1.165) is 0 Å². The quantitative estimate of drug-likeness (QED) is 0.875. The molecule has 0 saturated heterocycles. The highest BCUT2D eigenvalue weighted by Crippen LogP contribution is 2.25. The number of hydrogen-bond donors (Lipinski definition) is 1. The molecule has 0 bridgehead atoms. The van der Waals surface area contributed by atoms with Crippen molar-refractivity contribution in [3.63, 3.8) is 0 Å². The van der Waals surface area contributed by atoms with Crippen LogP contribution in [0, 0.1) is 11.3 Å². The number of carboxylic acids is 1. The summed E-state index contributed by atoms with van der Waals surface area (Å²) in [7, 11) is 1.49. The number of carbonyl (C=O) groups is 1. The van der Waals surface area contributed by atoms with Crippen LogP contribution in [0.3, 0.4) is 0 Å². The van der Waals surface area contributed by atoms with Gasteiger partial charge in [-0.05, 0) is 35.2 Å². The monoisotopic (exact) mass is 285 g/mol. The molecule has 0 aliphatic carbocycles. The number of rotatable bonds is 4. The van der Waals surface area contributed by atoms with Crippen LogP contribution in [0.15, 0.2) is 35.7 Å². The fourth-order valence-electron chi connectivity index (χ4n) is 1.74. The van der Waals surface area contributed by atoms with E-state index < -0.39 is 5.97 Å². The van der Waals surface area contributed by atoms with E-state index in [-0.39, 0.29) is 5.57 Å². The molecule has 0 radical (unpaired) electrons. The maximum atomic E-state index is 11.3. The third-order valence-electron chi connectivity index (χ3n) is 2.67. The first-order valence-electron chi connectivity index (χ1n) is 5.72. The number of ether oxygens (including phenoxy) is 1. The fraction of sp³-hybridized carbons (Fsp3) is 0.0667. The molecule has 4 nitrogen and oxygen atoms in total. The lowest BCUT2D eigenvalue weighted by Gasteiger charge is -2.04. The normalized spacial score (nSPS) is 10.9. The Hall–Kier alpha value is -2.58. The van der Waals surface area contributed by atoms with Crippen LogP contribution < -0.4 is 4.74 Å². The van der Waals surface area contributed by atoms with Crippen LogP contribution in [0.25, 0.3) is 11.6 Å². The molecule has 2 rings (SSSR count).